The maximum absolute atomic E-state index is 13.1. The van der Waals surface area contributed by atoms with Crippen molar-refractivity contribution in [3.8, 4) is 11.5 Å². The second-order valence-electron chi connectivity index (χ2n) is 7.74. The minimum absolute atomic E-state index is 0. The number of ether oxygens (including phenoxy) is 1. The lowest BCUT2D eigenvalue weighted by atomic mass is 10.0. The zero-order valence-corrected chi connectivity index (χ0v) is 20.8. The first-order valence-corrected chi connectivity index (χ1v) is 10.5. The van der Waals surface area contributed by atoms with Crippen molar-refractivity contribution in [2.45, 2.75) is 26.3 Å². The quantitative estimate of drug-likeness (QED) is 0.302. The Morgan fingerprint density at radius 1 is 1.19 bits per heavy atom. The summed E-state index contributed by atoms with van der Waals surface area (Å²) in [5, 5.41) is 6.78. The highest BCUT2D eigenvalue weighted by Gasteiger charge is 2.23. The molecule has 2 N–H and O–H groups in total. The molecule has 1 aromatic heterocycles. The van der Waals surface area contributed by atoms with Gasteiger partial charge in [0.1, 0.15) is 12.1 Å². The SMILES string of the molecule is CN=C(NCCc1coc(-c2ccc(F)cc2)n1)NCC(C(C)C)N1CCOCC1.I. The van der Waals surface area contributed by atoms with Crippen molar-refractivity contribution < 1.29 is 13.5 Å². The van der Waals surface area contributed by atoms with Gasteiger partial charge < -0.3 is 19.8 Å². The molecule has 1 unspecified atom stereocenters. The third-order valence-electron chi connectivity index (χ3n) is 5.30. The highest BCUT2D eigenvalue weighted by atomic mass is 127. The van der Waals surface area contributed by atoms with Crippen LogP contribution in [-0.4, -0.2) is 68.3 Å². The van der Waals surface area contributed by atoms with Crippen LogP contribution in [0.5, 0.6) is 0 Å². The van der Waals surface area contributed by atoms with Gasteiger partial charge in [-0.05, 0) is 30.2 Å². The van der Waals surface area contributed by atoms with Gasteiger partial charge in [-0.25, -0.2) is 9.37 Å². The van der Waals surface area contributed by atoms with Gasteiger partial charge in [-0.15, -0.1) is 24.0 Å². The van der Waals surface area contributed by atoms with E-state index in [2.05, 4.69) is 39.4 Å². The Hall–Kier alpha value is -1.72. The Bertz CT molecular complexity index is 806. The molecule has 1 fully saturated rings. The van der Waals surface area contributed by atoms with E-state index < -0.39 is 0 Å². The zero-order valence-electron chi connectivity index (χ0n) is 18.4. The predicted molar refractivity (Wildman–Crippen MR) is 131 cm³/mol. The van der Waals surface area contributed by atoms with E-state index in [-0.39, 0.29) is 29.8 Å². The van der Waals surface area contributed by atoms with E-state index >= 15 is 0 Å². The number of nitrogens with one attached hydrogen (secondary N) is 2. The molecule has 31 heavy (non-hydrogen) atoms. The molecule has 2 heterocycles. The maximum atomic E-state index is 13.1. The van der Waals surface area contributed by atoms with Crippen molar-refractivity contribution in [3.05, 3.63) is 42.0 Å². The maximum Gasteiger partial charge on any atom is 0.226 e. The predicted octanol–water partition coefficient (Wildman–Crippen LogP) is 3.16. The van der Waals surface area contributed by atoms with Gasteiger partial charge in [0, 0.05) is 51.3 Å². The number of nitrogens with zero attached hydrogens (tertiary/aromatic N) is 3. The second-order valence-corrected chi connectivity index (χ2v) is 7.74. The standard InChI is InChI=1S/C22H32FN5O2.HI/c1-16(2)20(28-10-12-29-13-11-28)14-26-22(24-3)25-9-8-19-15-30-21(27-19)17-4-6-18(23)7-5-17;/h4-7,15-16,20H,8-14H2,1-3H3,(H2,24,25,26);1H. The number of aliphatic imine (C=N–C) groups is 1. The van der Waals surface area contributed by atoms with Crippen molar-refractivity contribution in [1.82, 2.24) is 20.5 Å². The van der Waals surface area contributed by atoms with Crippen molar-refractivity contribution in [2.75, 3.05) is 46.4 Å². The Kier molecular flexibility index (Phi) is 10.7. The number of halogens is 2. The lowest BCUT2D eigenvalue weighted by Gasteiger charge is -2.37. The molecule has 1 aliphatic rings. The Balaban J connectivity index is 0.00000341. The molecule has 0 amide bonds. The number of aromatic nitrogens is 1. The number of benzene rings is 1. The van der Waals surface area contributed by atoms with Crippen molar-refractivity contribution >= 4 is 29.9 Å². The van der Waals surface area contributed by atoms with Crippen LogP contribution >= 0.6 is 24.0 Å². The first kappa shape index (κ1) is 25.5. The van der Waals surface area contributed by atoms with E-state index in [0.29, 0.717) is 30.8 Å². The van der Waals surface area contributed by atoms with E-state index in [1.807, 2.05) is 0 Å². The van der Waals surface area contributed by atoms with E-state index in [4.69, 9.17) is 9.15 Å². The summed E-state index contributed by atoms with van der Waals surface area (Å²) in [4.78, 5) is 11.3. The van der Waals surface area contributed by atoms with Crippen LogP contribution in [0.2, 0.25) is 0 Å². The number of oxazole rings is 1. The molecule has 1 aliphatic heterocycles. The van der Waals surface area contributed by atoms with Crippen LogP contribution in [0.1, 0.15) is 19.5 Å². The van der Waals surface area contributed by atoms with Crippen LogP contribution in [0, 0.1) is 11.7 Å². The smallest absolute Gasteiger partial charge is 0.226 e. The van der Waals surface area contributed by atoms with Gasteiger partial charge in [-0.3, -0.25) is 9.89 Å². The van der Waals surface area contributed by atoms with Crippen LogP contribution in [0.15, 0.2) is 39.9 Å². The summed E-state index contributed by atoms with van der Waals surface area (Å²) in [6.07, 6.45) is 2.34. The average Bonchev–Trinajstić information content (AvgIpc) is 3.22. The summed E-state index contributed by atoms with van der Waals surface area (Å²) in [7, 11) is 1.77. The summed E-state index contributed by atoms with van der Waals surface area (Å²) >= 11 is 0. The highest BCUT2D eigenvalue weighted by molar-refractivity contribution is 14.0. The lowest BCUT2D eigenvalue weighted by Crippen LogP contribution is -2.52. The molecule has 0 bridgehead atoms. The largest absolute Gasteiger partial charge is 0.444 e. The van der Waals surface area contributed by atoms with Crippen LogP contribution in [0.3, 0.4) is 0 Å². The number of hydrogen-bond acceptors (Lipinski definition) is 5. The van der Waals surface area contributed by atoms with Crippen LogP contribution in [-0.2, 0) is 11.2 Å². The summed E-state index contributed by atoms with van der Waals surface area (Å²) < 4.78 is 24.1. The third kappa shape index (κ3) is 7.73. The van der Waals surface area contributed by atoms with Crippen molar-refractivity contribution in [3.63, 3.8) is 0 Å². The Labute approximate surface area is 200 Å². The van der Waals surface area contributed by atoms with E-state index in [9.17, 15) is 4.39 Å². The minimum Gasteiger partial charge on any atom is -0.444 e. The first-order chi connectivity index (χ1) is 14.6. The summed E-state index contributed by atoms with van der Waals surface area (Å²) in [6.45, 7) is 9.55. The van der Waals surface area contributed by atoms with Gasteiger partial charge in [0.2, 0.25) is 5.89 Å². The molecule has 0 saturated carbocycles. The first-order valence-electron chi connectivity index (χ1n) is 10.5. The fourth-order valence-electron chi connectivity index (χ4n) is 3.57. The fraction of sp³-hybridized carbons (Fsp3) is 0.545. The summed E-state index contributed by atoms with van der Waals surface area (Å²) in [5.41, 5.74) is 1.60. The van der Waals surface area contributed by atoms with Gasteiger partial charge >= 0.3 is 0 Å². The molecule has 9 heteroatoms. The molecule has 0 spiro atoms. The molecule has 1 atom stereocenters. The van der Waals surface area contributed by atoms with E-state index in [0.717, 1.165) is 50.1 Å². The Morgan fingerprint density at radius 2 is 1.90 bits per heavy atom. The van der Waals surface area contributed by atoms with Crippen LogP contribution in [0.25, 0.3) is 11.5 Å². The van der Waals surface area contributed by atoms with Crippen molar-refractivity contribution in [1.29, 1.82) is 0 Å². The zero-order chi connectivity index (χ0) is 21.3. The molecule has 1 saturated heterocycles. The number of hydrogen-bond donors (Lipinski definition) is 2. The lowest BCUT2D eigenvalue weighted by molar-refractivity contribution is 0.00752. The van der Waals surface area contributed by atoms with E-state index in [1.54, 1.807) is 25.4 Å². The molecule has 0 aliphatic carbocycles. The number of guanidine groups is 1. The molecule has 2 aromatic rings. The molecule has 1 aromatic carbocycles. The summed E-state index contributed by atoms with van der Waals surface area (Å²) in [6, 6.07) is 6.56. The molecule has 7 nitrogen and oxygen atoms in total. The topological polar surface area (TPSA) is 74.9 Å². The fourth-order valence-corrected chi connectivity index (χ4v) is 3.57. The monoisotopic (exact) mass is 545 g/mol. The number of morpholine rings is 1. The normalized spacial score (nSPS) is 16.1. The molecule has 0 radical (unpaired) electrons. The molecule has 3 rings (SSSR count). The Morgan fingerprint density at radius 3 is 2.55 bits per heavy atom. The molecular weight excluding hydrogens is 512 g/mol. The molecular formula is C22H33FIN5O2. The number of rotatable bonds is 8. The second kappa shape index (κ2) is 13.0. The molecule has 172 valence electrons. The minimum atomic E-state index is -0.276. The van der Waals surface area contributed by atoms with Gasteiger partial charge in [0.05, 0.1) is 18.9 Å². The third-order valence-corrected chi connectivity index (χ3v) is 5.30. The van der Waals surface area contributed by atoms with Crippen LogP contribution < -0.4 is 10.6 Å². The van der Waals surface area contributed by atoms with Crippen molar-refractivity contribution in [2.24, 2.45) is 10.9 Å². The van der Waals surface area contributed by atoms with Gasteiger partial charge in [-0.2, -0.15) is 0 Å². The van der Waals surface area contributed by atoms with Gasteiger partial charge in [0.15, 0.2) is 5.96 Å². The van der Waals surface area contributed by atoms with E-state index in [1.165, 1.54) is 12.1 Å². The van der Waals surface area contributed by atoms with Gasteiger partial charge in [0.25, 0.3) is 0 Å². The average molecular weight is 545 g/mol. The summed E-state index contributed by atoms with van der Waals surface area (Å²) in [5.74, 6) is 1.53. The van der Waals surface area contributed by atoms with Crippen LogP contribution in [0.4, 0.5) is 4.39 Å². The highest BCUT2D eigenvalue weighted by Crippen LogP contribution is 2.19. The van der Waals surface area contributed by atoms with Gasteiger partial charge in [-0.1, -0.05) is 13.8 Å².